The molecule has 0 aliphatic carbocycles. The second-order valence-electron chi connectivity index (χ2n) is 5.12. The SMILES string of the molecule is C/C(Cl)=C\C[C@H](O)C/C=C\NC(=O)[C@@H](N)Cc1ccccc1. The van der Waals surface area contributed by atoms with E-state index in [9.17, 15) is 9.90 Å². The standard InChI is InChI=1S/C17H23ClN2O2/c1-13(18)9-10-15(21)8-5-11-20-17(22)16(19)12-14-6-3-2-4-7-14/h2-7,9,11,15-16,21H,8,10,12,19H2,1H3,(H,20,22)/b11-5-,13-9+/t15-,16+/m1/s1. The number of carbonyl (C=O) groups is 1. The number of benzene rings is 1. The third-order valence-corrected chi connectivity index (χ3v) is 3.21. The topological polar surface area (TPSA) is 75.3 Å². The van der Waals surface area contributed by atoms with Crippen LogP contribution in [0.15, 0.2) is 53.7 Å². The molecule has 0 aliphatic rings. The van der Waals surface area contributed by atoms with Crippen LogP contribution in [0.5, 0.6) is 0 Å². The molecule has 1 aromatic rings. The van der Waals surface area contributed by atoms with Gasteiger partial charge in [-0.3, -0.25) is 4.79 Å². The molecular weight excluding hydrogens is 300 g/mol. The Kier molecular flexibility index (Phi) is 8.51. The highest BCUT2D eigenvalue weighted by atomic mass is 35.5. The molecular formula is C17H23ClN2O2. The first-order valence-corrected chi connectivity index (χ1v) is 7.62. The third kappa shape index (κ3) is 7.98. The number of nitrogens with two attached hydrogens (primary N) is 1. The molecule has 0 heterocycles. The van der Waals surface area contributed by atoms with E-state index in [4.69, 9.17) is 17.3 Å². The van der Waals surface area contributed by atoms with Crippen LogP contribution in [-0.4, -0.2) is 23.2 Å². The van der Waals surface area contributed by atoms with Gasteiger partial charge in [-0.25, -0.2) is 0 Å². The van der Waals surface area contributed by atoms with Gasteiger partial charge in [0.05, 0.1) is 12.1 Å². The Morgan fingerprint density at radius 3 is 2.68 bits per heavy atom. The summed E-state index contributed by atoms with van der Waals surface area (Å²) in [4.78, 5) is 11.8. The van der Waals surface area contributed by atoms with Crippen molar-refractivity contribution in [3.63, 3.8) is 0 Å². The van der Waals surface area contributed by atoms with Crippen LogP contribution in [0.1, 0.15) is 25.3 Å². The van der Waals surface area contributed by atoms with Crippen molar-refractivity contribution in [2.24, 2.45) is 5.73 Å². The quantitative estimate of drug-likeness (QED) is 0.688. The molecule has 0 saturated heterocycles. The average molecular weight is 323 g/mol. The van der Waals surface area contributed by atoms with Crippen molar-refractivity contribution in [2.75, 3.05) is 0 Å². The normalized spacial score (nSPS) is 14.8. The molecule has 1 aromatic carbocycles. The summed E-state index contributed by atoms with van der Waals surface area (Å²) in [6.45, 7) is 1.76. The van der Waals surface area contributed by atoms with E-state index in [1.807, 2.05) is 30.3 Å². The fraction of sp³-hybridized carbons (Fsp3) is 0.353. The third-order valence-electron chi connectivity index (χ3n) is 3.06. The van der Waals surface area contributed by atoms with Gasteiger partial charge in [-0.1, -0.05) is 54.1 Å². The second kappa shape index (κ2) is 10.2. The van der Waals surface area contributed by atoms with Crippen molar-refractivity contribution in [1.82, 2.24) is 5.32 Å². The molecule has 2 atom stereocenters. The van der Waals surface area contributed by atoms with Gasteiger partial charge in [0.25, 0.3) is 0 Å². The van der Waals surface area contributed by atoms with Gasteiger partial charge in [0.1, 0.15) is 0 Å². The number of allylic oxidation sites excluding steroid dienone is 1. The number of amides is 1. The molecule has 0 aromatic heterocycles. The summed E-state index contributed by atoms with van der Waals surface area (Å²) >= 11 is 5.69. The number of aliphatic hydroxyl groups is 1. The van der Waals surface area contributed by atoms with Crippen LogP contribution in [0.3, 0.4) is 0 Å². The Morgan fingerprint density at radius 2 is 2.05 bits per heavy atom. The summed E-state index contributed by atoms with van der Waals surface area (Å²) in [7, 11) is 0. The van der Waals surface area contributed by atoms with Crippen molar-refractivity contribution >= 4 is 17.5 Å². The Labute approximate surface area is 136 Å². The lowest BCUT2D eigenvalue weighted by Crippen LogP contribution is -2.39. The van der Waals surface area contributed by atoms with Gasteiger partial charge in [-0.15, -0.1) is 0 Å². The largest absolute Gasteiger partial charge is 0.392 e. The van der Waals surface area contributed by atoms with E-state index >= 15 is 0 Å². The highest BCUT2D eigenvalue weighted by molar-refractivity contribution is 6.29. The first-order valence-electron chi connectivity index (χ1n) is 7.24. The molecule has 0 saturated carbocycles. The Balaban J connectivity index is 2.29. The highest BCUT2D eigenvalue weighted by Gasteiger charge is 2.12. The van der Waals surface area contributed by atoms with E-state index in [1.165, 1.54) is 6.20 Å². The van der Waals surface area contributed by atoms with Crippen LogP contribution >= 0.6 is 11.6 Å². The molecule has 4 nitrogen and oxygen atoms in total. The van der Waals surface area contributed by atoms with Crippen LogP contribution in [0.2, 0.25) is 0 Å². The van der Waals surface area contributed by atoms with Crippen molar-refractivity contribution < 1.29 is 9.90 Å². The molecule has 1 amide bonds. The Hall–Kier alpha value is -1.62. The predicted molar refractivity (Wildman–Crippen MR) is 90.3 cm³/mol. The minimum Gasteiger partial charge on any atom is -0.392 e. The molecule has 0 unspecified atom stereocenters. The molecule has 0 bridgehead atoms. The van der Waals surface area contributed by atoms with Crippen molar-refractivity contribution in [3.8, 4) is 0 Å². The molecule has 120 valence electrons. The van der Waals surface area contributed by atoms with Crippen LogP contribution in [0.25, 0.3) is 0 Å². The minimum absolute atomic E-state index is 0.244. The minimum atomic E-state index is -0.598. The van der Waals surface area contributed by atoms with Gasteiger partial charge in [0.15, 0.2) is 0 Å². The fourth-order valence-corrected chi connectivity index (χ4v) is 1.92. The summed E-state index contributed by atoms with van der Waals surface area (Å²) in [6.07, 6.45) is 5.89. The van der Waals surface area contributed by atoms with E-state index in [2.05, 4.69) is 5.32 Å². The maximum atomic E-state index is 11.8. The van der Waals surface area contributed by atoms with Crippen LogP contribution < -0.4 is 11.1 Å². The number of hydrogen-bond donors (Lipinski definition) is 3. The monoisotopic (exact) mass is 322 g/mol. The summed E-state index contributed by atoms with van der Waals surface area (Å²) in [5.41, 5.74) is 6.88. The zero-order valence-corrected chi connectivity index (χ0v) is 13.5. The van der Waals surface area contributed by atoms with E-state index < -0.39 is 12.1 Å². The molecule has 1 rings (SSSR count). The van der Waals surface area contributed by atoms with E-state index in [1.54, 1.807) is 19.1 Å². The molecule has 0 spiro atoms. The maximum Gasteiger partial charge on any atom is 0.241 e. The Morgan fingerprint density at radius 1 is 1.36 bits per heavy atom. The first kappa shape index (κ1) is 18.4. The number of rotatable bonds is 8. The zero-order chi connectivity index (χ0) is 16.4. The number of halogens is 1. The summed E-state index contributed by atoms with van der Waals surface area (Å²) < 4.78 is 0. The van der Waals surface area contributed by atoms with Gasteiger partial charge < -0.3 is 16.2 Å². The summed E-state index contributed by atoms with van der Waals surface area (Å²) in [5, 5.41) is 13.0. The zero-order valence-electron chi connectivity index (χ0n) is 12.7. The smallest absolute Gasteiger partial charge is 0.241 e. The molecule has 0 radical (unpaired) electrons. The first-order chi connectivity index (χ1) is 10.5. The van der Waals surface area contributed by atoms with E-state index in [-0.39, 0.29) is 5.91 Å². The summed E-state index contributed by atoms with van der Waals surface area (Å²) in [6, 6.07) is 9.02. The van der Waals surface area contributed by atoms with Gasteiger partial charge in [-0.05, 0) is 37.9 Å². The van der Waals surface area contributed by atoms with Crippen LogP contribution in [-0.2, 0) is 11.2 Å². The maximum absolute atomic E-state index is 11.8. The number of nitrogens with one attached hydrogen (secondary N) is 1. The van der Waals surface area contributed by atoms with Gasteiger partial charge in [0, 0.05) is 5.03 Å². The number of aliphatic hydroxyl groups excluding tert-OH is 1. The molecule has 0 aliphatic heterocycles. The van der Waals surface area contributed by atoms with Crippen molar-refractivity contribution in [2.45, 2.75) is 38.3 Å². The second-order valence-corrected chi connectivity index (χ2v) is 5.72. The lowest BCUT2D eigenvalue weighted by atomic mass is 10.1. The number of hydrogen-bond acceptors (Lipinski definition) is 3. The highest BCUT2D eigenvalue weighted by Crippen LogP contribution is 2.06. The molecule has 5 heteroatoms. The van der Waals surface area contributed by atoms with Gasteiger partial charge in [0.2, 0.25) is 5.91 Å². The van der Waals surface area contributed by atoms with E-state index in [0.717, 1.165) is 5.56 Å². The lowest BCUT2D eigenvalue weighted by molar-refractivity contribution is -0.121. The van der Waals surface area contributed by atoms with Gasteiger partial charge in [-0.2, -0.15) is 0 Å². The van der Waals surface area contributed by atoms with Crippen molar-refractivity contribution in [1.29, 1.82) is 0 Å². The fourth-order valence-electron chi connectivity index (χ4n) is 1.83. The average Bonchev–Trinajstić information content (AvgIpc) is 2.50. The van der Waals surface area contributed by atoms with Crippen LogP contribution in [0, 0.1) is 0 Å². The van der Waals surface area contributed by atoms with E-state index in [0.29, 0.717) is 24.3 Å². The summed E-state index contributed by atoms with van der Waals surface area (Å²) in [5.74, 6) is -0.244. The Bertz CT molecular complexity index is 511. The molecule has 4 N–H and O–H groups in total. The predicted octanol–water partition coefficient (Wildman–Crippen LogP) is 2.47. The molecule has 0 fully saturated rings. The van der Waals surface area contributed by atoms with Crippen LogP contribution in [0.4, 0.5) is 0 Å². The molecule has 22 heavy (non-hydrogen) atoms. The lowest BCUT2D eigenvalue weighted by Gasteiger charge is -2.10. The number of carbonyl (C=O) groups excluding carboxylic acids is 1. The van der Waals surface area contributed by atoms with Crippen molar-refractivity contribution in [3.05, 3.63) is 59.3 Å². The van der Waals surface area contributed by atoms with Gasteiger partial charge >= 0.3 is 0 Å².